The summed E-state index contributed by atoms with van der Waals surface area (Å²) in [5.74, 6) is 0.148. The summed E-state index contributed by atoms with van der Waals surface area (Å²) in [7, 11) is 0. The maximum absolute atomic E-state index is 13.4. The summed E-state index contributed by atoms with van der Waals surface area (Å²) in [6, 6.07) is 20.9. The molecule has 1 saturated heterocycles. The molecular formula is C31H24ClN3O6. The van der Waals surface area contributed by atoms with E-state index in [0.29, 0.717) is 34.4 Å². The summed E-state index contributed by atoms with van der Waals surface area (Å²) in [5.41, 5.74) is 4.39. The van der Waals surface area contributed by atoms with E-state index < -0.39 is 17.8 Å². The number of amides is 4. The van der Waals surface area contributed by atoms with E-state index in [2.05, 4.69) is 5.32 Å². The van der Waals surface area contributed by atoms with Gasteiger partial charge in [0.1, 0.15) is 17.9 Å². The van der Waals surface area contributed by atoms with Crippen molar-refractivity contribution in [2.75, 3.05) is 11.7 Å². The van der Waals surface area contributed by atoms with Crippen LogP contribution in [0.4, 0.5) is 10.5 Å². The number of nitrogens with one attached hydrogen (secondary N) is 1. The molecule has 0 unspecified atom stereocenters. The van der Waals surface area contributed by atoms with E-state index >= 15 is 0 Å². The summed E-state index contributed by atoms with van der Waals surface area (Å²) in [6.45, 7) is 4.30. The van der Waals surface area contributed by atoms with E-state index in [-0.39, 0.29) is 18.1 Å². The Hall–Kier alpha value is -5.02. The van der Waals surface area contributed by atoms with Crippen molar-refractivity contribution in [1.82, 2.24) is 9.88 Å². The van der Waals surface area contributed by atoms with Gasteiger partial charge in [0.05, 0.1) is 5.69 Å². The molecule has 0 saturated carbocycles. The van der Waals surface area contributed by atoms with Gasteiger partial charge >= 0.3 is 6.03 Å². The maximum atomic E-state index is 13.4. The Morgan fingerprint density at radius 1 is 0.902 bits per heavy atom. The van der Waals surface area contributed by atoms with Gasteiger partial charge in [-0.3, -0.25) is 14.9 Å². The van der Waals surface area contributed by atoms with Crippen LogP contribution in [0, 0.1) is 13.8 Å². The number of hydrogen-bond donors (Lipinski definition) is 1. The van der Waals surface area contributed by atoms with Crippen LogP contribution in [0.5, 0.6) is 17.2 Å². The van der Waals surface area contributed by atoms with E-state index in [1.54, 1.807) is 12.1 Å². The number of imide groups is 2. The Balaban J connectivity index is 1.24. The van der Waals surface area contributed by atoms with Crippen LogP contribution in [0.1, 0.15) is 22.5 Å². The number of hydrogen-bond acceptors (Lipinski definition) is 6. The van der Waals surface area contributed by atoms with E-state index in [0.717, 1.165) is 27.5 Å². The monoisotopic (exact) mass is 569 g/mol. The SMILES string of the molecule is Cc1cc(/C=C2\C(=O)NC(=O)N(c3ccc4c(c3)OCO4)C2=O)c(C)n1-c1ccc(OCc2ccc(Cl)cc2)cc1. The van der Waals surface area contributed by atoms with Crippen molar-refractivity contribution < 1.29 is 28.6 Å². The van der Waals surface area contributed by atoms with Crippen LogP contribution >= 0.6 is 11.6 Å². The van der Waals surface area contributed by atoms with E-state index in [4.69, 9.17) is 25.8 Å². The Labute approximate surface area is 240 Å². The van der Waals surface area contributed by atoms with Gasteiger partial charge in [-0.15, -0.1) is 0 Å². The molecule has 206 valence electrons. The van der Waals surface area contributed by atoms with Crippen molar-refractivity contribution in [3.63, 3.8) is 0 Å². The number of aromatic nitrogens is 1. The highest BCUT2D eigenvalue weighted by Gasteiger charge is 2.37. The predicted octanol–water partition coefficient (Wildman–Crippen LogP) is 5.72. The van der Waals surface area contributed by atoms with Crippen LogP contribution < -0.4 is 24.4 Å². The van der Waals surface area contributed by atoms with Crippen molar-refractivity contribution in [1.29, 1.82) is 0 Å². The molecule has 1 aromatic heterocycles. The van der Waals surface area contributed by atoms with E-state index in [9.17, 15) is 14.4 Å². The second-order valence-electron chi connectivity index (χ2n) is 9.57. The van der Waals surface area contributed by atoms with Gasteiger partial charge in [0.2, 0.25) is 6.79 Å². The maximum Gasteiger partial charge on any atom is 0.335 e. The first-order chi connectivity index (χ1) is 19.8. The molecule has 0 radical (unpaired) electrons. The Morgan fingerprint density at radius 3 is 2.37 bits per heavy atom. The van der Waals surface area contributed by atoms with E-state index in [1.807, 2.05) is 73.0 Å². The van der Waals surface area contributed by atoms with Crippen molar-refractivity contribution in [3.8, 4) is 22.9 Å². The number of halogens is 1. The summed E-state index contributed by atoms with van der Waals surface area (Å²) < 4.78 is 18.6. The van der Waals surface area contributed by atoms with Gasteiger partial charge in [0, 0.05) is 28.2 Å². The molecule has 1 N–H and O–H groups in total. The van der Waals surface area contributed by atoms with Gasteiger partial charge in [0.25, 0.3) is 11.8 Å². The Bertz CT molecular complexity index is 1720. The van der Waals surface area contributed by atoms with Crippen molar-refractivity contribution in [2.45, 2.75) is 20.5 Å². The second kappa shape index (κ2) is 10.5. The van der Waals surface area contributed by atoms with Gasteiger partial charge in [0.15, 0.2) is 11.5 Å². The quantitative estimate of drug-likeness (QED) is 0.235. The number of ether oxygens (including phenoxy) is 3. The normalized spacial score (nSPS) is 15.4. The average Bonchev–Trinajstić information content (AvgIpc) is 3.54. The molecule has 0 bridgehead atoms. The molecule has 0 aliphatic carbocycles. The fourth-order valence-electron chi connectivity index (χ4n) is 4.84. The van der Waals surface area contributed by atoms with Crippen LogP contribution in [0.3, 0.4) is 0 Å². The summed E-state index contributed by atoms with van der Waals surface area (Å²) in [5, 5.41) is 2.94. The first-order valence-electron chi connectivity index (χ1n) is 12.8. The number of anilines is 1. The summed E-state index contributed by atoms with van der Waals surface area (Å²) >= 11 is 5.95. The molecular weight excluding hydrogens is 546 g/mol. The molecule has 2 aliphatic rings. The van der Waals surface area contributed by atoms with Crippen LogP contribution in [0.15, 0.2) is 78.4 Å². The Morgan fingerprint density at radius 2 is 1.61 bits per heavy atom. The highest BCUT2D eigenvalue weighted by molar-refractivity contribution is 6.39. The van der Waals surface area contributed by atoms with Gasteiger partial charge in [-0.2, -0.15) is 0 Å². The zero-order chi connectivity index (χ0) is 28.7. The highest BCUT2D eigenvalue weighted by atomic mass is 35.5. The third-order valence-corrected chi connectivity index (χ3v) is 7.15. The highest BCUT2D eigenvalue weighted by Crippen LogP contribution is 2.36. The average molecular weight is 570 g/mol. The van der Waals surface area contributed by atoms with Crippen molar-refractivity contribution >= 4 is 41.2 Å². The number of nitrogens with zero attached hydrogens (tertiary/aromatic N) is 2. The number of carbonyl (C=O) groups excluding carboxylic acids is 3. The number of benzene rings is 3. The minimum atomic E-state index is -0.833. The Kier molecular flexibility index (Phi) is 6.72. The summed E-state index contributed by atoms with van der Waals surface area (Å²) in [6.07, 6.45) is 1.51. The molecule has 9 nitrogen and oxygen atoms in total. The van der Waals surface area contributed by atoms with Crippen LogP contribution in [-0.4, -0.2) is 29.2 Å². The molecule has 10 heteroatoms. The molecule has 0 spiro atoms. The largest absolute Gasteiger partial charge is 0.489 e. The van der Waals surface area contributed by atoms with E-state index in [1.165, 1.54) is 12.1 Å². The standard InChI is InChI=1S/C31H24ClN3O6/c1-18-13-21(19(2)34(18)23-7-10-25(11-8-23)39-16-20-3-5-22(32)6-4-20)14-26-29(36)33-31(38)35(30(26)37)24-9-12-27-28(15-24)41-17-40-27/h3-15H,16-17H2,1-2H3,(H,33,36,38)/b26-14+. The number of carbonyl (C=O) groups is 3. The fourth-order valence-corrected chi connectivity index (χ4v) is 4.97. The lowest BCUT2D eigenvalue weighted by Crippen LogP contribution is -2.54. The first kappa shape index (κ1) is 26.2. The fraction of sp³-hybridized carbons (Fsp3) is 0.129. The van der Waals surface area contributed by atoms with Gasteiger partial charge in [-0.1, -0.05) is 23.7 Å². The van der Waals surface area contributed by atoms with Crippen LogP contribution in [-0.2, 0) is 16.2 Å². The van der Waals surface area contributed by atoms with Gasteiger partial charge < -0.3 is 18.8 Å². The number of urea groups is 1. The number of barbiturate groups is 1. The lowest BCUT2D eigenvalue weighted by atomic mass is 10.1. The molecule has 2 aliphatic heterocycles. The molecule has 3 heterocycles. The number of fused-ring (bicyclic) bond motifs is 1. The minimum Gasteiger partial charge on any atom is -0.489 e. The molecule has 1 fully saturated rings. The molecule has 0 atom stereocenters. The second-order valence-corrected chi connectivity index (χ2v) is 10.0. The van der Waals surface area contributed by atoms with Crippen LogP contribution in [0.2, 0.25) is 5.02 Å². The topological polar surface area (TPSA) is 99.1 Å². The van der Waals surface area contributed by atoms with Gasteiger partial charge in [-0.05, 0) is 85.6 Å². The zero-order valence-corrected chi connectivity index (χ0v) is 22.9. The first-order valence-corrected chi connectivity index (χ1v) is 13.1. The molecule has 4 aromatic rings. The predicted molar refractivity (Wildman–Crippen MR) is 153 cm³/mol. The zero-order valence-electron chi connectivity index (χ0n) is 22.1. The minimum absolute atomic E-state index is 0.0529. The van der Waals surface area contributed by atoms with Crippen LogP contribution in [0.25, 0.3) is 11.8 Å². The van der Waals surface area contributed by atoms with Gasteiger partial charge in [-0.25, -0.2) is 9.69 Å². The molecule has 6 rings (SSSR count). The third-order valence-electron chi connectivity index (χ3n) is 6.90. The number of rotatable bonds is 6. The third kappa shape index (κ3) is 5.03. The smallest absolute Gasteiger partial charge is 0.335 e. The van der Waals surface area contributed by atoms with Crippen molar-refractivity contribution in [2.24, 2.45) is 0 Å². The molecule has 41 heavy (non-hydrogen) atoms. The summed E-state index contributed by atoms with van der Waals surface area (Å²) in [4.78, 5) is 39.7. The lowest BCUT2D eigenvalue weighted by molar-refractivity contribution is -0.122. The van der Waals surface area contributed by atoms with Crippen molar-refractivity contribution in [3.05, 3.63) is 106 Å². The lowest BCUT2D eigenvalue weighted by Gasteiger charge is -2.26. The number of aryl methyl sites for hydroxylation is 1. The molecule has 3 aromatic carbocycles. The molecule has 4 amide bonds.